The van der Waals surface area contributed by atoms with Crippen LogP contribution >= 0.6 is 0 Å². The molecule has 0 amide bonds. The van der Waals surface area contributed by atoms with Gasteiger partial charge in [0, 0.05) is 18.3 Å². The standard InChI is InChI=1S/C13H17NO4/c1-4-18-13(17)10-11(15)9-7(2)5-6-8(9)14(3)12(10)16/h7,15H,4-6H2,1-3H3/t7-/m0/s1. The van der Waals surface area contributed by atoms with E-state index in [1.165, 1.54) is 4.57 Å². The van der Waals surface area contributed by atoms with Crippen LogP contribution in [0.25, 0.3) is 0 Å². The Bertz CT molecular complexity index is 559. The molecule has 98 valence electrons. The molecule has 5 nitrogen and oxygen atoms in total. The lowest BCUT2D eigenvalue weighted by molar-refractivity contribution is 0.0520. The van der Waals surface area contributed by atoms with Crippen LogP contribution in [0.4, 0.5) is 0 Å². The van der Waals surface area contributed by atoms with Gasteiger partial charge in [-0.05, 0) is 25.7 Å². The highest BCUT2D eigenvalue weighted by molar-refractivity contribution is 5.92. The predicted molar refractivity (Wildman–Crippen MR) is 66.0 cm³/mol. The molecule has 0 aromatic carbocycles. The number of esters is 1. The van der Waals surface area contributed by atoms with Gasteiger partial charge in [0.15, 0.2) is 5.56 Å². The largest absolute Gasteiger partial charge is 0.506 e. The molecule has 0 saturated carbocycles. The summed E-state index contributed by atoms with van der Waals surface area (Å²) in [6.45, 7) is 3.81. The minimum Gasteiger partial charge on any atom is -0.506 e. The minimum atomic E-state index is -0.752. The Morgan fingerprint density at radius 3 is 2.83 bits per heavy atom. The maximum absolute atomic E-state index is 12.1. The van der Waals surface area contributed by atoms with Gasteiger partial charge in [0.2, 0.25) is 0 Å². The Balaban J connectivity index is 2.69. The summed E-state index contributed by atoms with van der Waals surface area (Å²) in [5.74, 6) is -0.797. The van der Waals surface area contributed by atoms with Crippen molar-refractivity contribution >= 4 is 5.97 Å². The van der Waals surface area contributed by atoms with Crippen LogP contribution in [0.5, 0.6) is 5.75 Å². The molecular formula is C13H17NO4. The normalized spacial score (nSPS) is 17.6. The lowest BCUT2D eigenvalue weighted by Crippen LogP contribution is -2.28. The number of ether oxygens (including phenoxy) is 1. The SMILES string of the molecule is CCOC(=O)c1c(O)c2c(n(C)c1=O)CC[C@@H]2C. The van der Waals surface area contributed by atoms with Gasteiger partial charge in [-0.25, -0.2) is 4.79 Å². The molecule has 1 aliphatic carbocycles. The number of aromatic hydroxyl groups is 1. The molecule has 0 fully saturated rings. The lowest BCUT2D eigenvalue weighted by atomic mass is 10.0. The summed E-state index contributed by atoms with van der Waals surface area (Å²) in [6, 6.07) is 0. The van der Waals surface area contributed by atoms with Crippen molar-refractivity contribution in [3.05, 3.63) is 27.2 Å². The number of aromatic nitrogens is 1. The predicted octanol–water partition coefficient (Wildman–Crippen LogP) is 1.32. The summed E-state index contributed by atoms with van der Waals surface area (Å²) in [6.07, 6.45) is 1.63. The molecule has 1 aromatic heterocycles. The van der Waals surface area contributed by atoms with E-state index in [4.69, 9.17) is 4.74 Å². The fourth-order valence-electron chi connectivity index (χ4n) is 2.55. The van der Waals surface area contributed by atoms with Gasteiger partial charge in [0.1, 0.15) is 5.75 Å². The lowest BCUT2D eigenvalue weighted by Gasteiger charge is -2.14. The summed E-state index contributed by atoms with van der Waals surface area (Å²) >= 11 is 0. The topological polar surface area (TPSA) is 68.5 Å². The third kappa shape index (κ3) is 1.70. The van der Waals surface area contributed by atoms with Crippen LogP contribution in [0, 0.1) is 0 Å². The second-order valence-corrected chi connectivity index (χ2v) is 4.61. The second kappa shape index (κ2) is 4.48. The van der Waals surface area contributed by atoms with Crippen molar-refractivity contribution in [2.24, 2.45) is 7.05 Å². The highest BCUT2D eigenvalue weighted by Crippen LogP contribution is 2.38. The summed E-state index contributed by atoms with van der Waals surface area (Å²) in [5.41, 5.74) is 0.795. The molecule has 1 aromatic rings. The van der Waals surface area contributed by atoms with Gasteiger partial charge >= 0.3 is 5.97 Å². The molecule has 1 aliphatic rings. The fraction of sp³-hybridized carbons (Fsp3) is 0.538. The van der Waals surface area contributed by atoms with Crippen molar-refractivity contribution in [3.8, 4) is 5.75 Å². The van der Waals surface area contributed by atoms with Gasteiger partial charge in [-0.1, -0.05) is 6.92 Å². The van der Waals surface area contributed by atoms with E-state index < -0.39 is 11.5 Å². The average molecular weight is 251 g/mol. The van der Waals surface area contributed by atoms with Crippen LogP contribution in [0.1, 0.15) is 47.8 Å². The van der Waals surface area contributed by atoms with E-state index in [0.29, 0.717) is 5.56 Å². The number of hydrogen-bond donors (Lipinski definition) is 1. The highest BCUT2D eigenvalue weighted by Gasteiger charge is 2.31. The number of pyridine rings is 1. The number of hydrogen-bond acceptors (Lipinski definition) is 4. The first-order valence-electron chi connectivity index (χ1n) is 6.10. The van der Waals surface area contributed by atoms with Gasteiger partial charge in [0.05, 0.1) is 6.61 Å². The monoisotopic (exact) mass is 251 g/mol. The minimum absolute atomic E-state index is 0.153. The van der Waals surface area contributed by atoms with Gasteiger partial charge in [-0.2, -0.15) is 0 Å². The van der Waals surface area contributed by atoms with E-state index in [1.54, 1.807) is 14.0 Å². The third-order valence-corrected chi connectivity index (χ3v) is 3.51. The number of fused-ring (bicyclic) bond motifs is 1. The van der Waals surface area contributed by atoms with E-state index in [0.717, 1.165) is 18.5 Å². The summed E-state index contributed by atoms with van der Waals surface area (Å²) in [4.78, 5) is 23.8. The van der Waals surface area contributed by atoms with Crippen LogP contribution < -0.4 is 5.56 Å². The van der Waals surface area contributed by atoms with Crippen molar-refractivity contribution < 1.29 is 14.6 Å². The van der Waals surface area contributed by atoms with E-state index in [1.807, 2.05) is 6.92 Å². The molecule has 0 bridgehead atoms. The molecule has 1 atom stereocenters. The molecule has 0 saturated heterocycles. The van der Waals surface area contributed by atoms with E-state index in [-0.39, 0.29) is 23.8 Å². The Labute approximate surface area is 105 Å². The van der Waals surface area contributed by atoms with Crippen molar-refractivity contribution in [2.45, 2.75) is 32.6 Å². The second-order valence-electron chi connectivity index (χ2n) is 4.61. The van der Waals surface area contributed by atoms with E-state index >= 15 is 0 Å². The first kappa shape index (κ1) is 12.7. The number of carbonyl (C=O) groups is 1. The third-order valence-electron chi connectivity index (χ3n) is 3.51. The number of carbonyl (C=O) groups excluding carboxylic acids is 1. The molecule has 0 unspecified atom stereocenters. The maximum Gasteiger partial charge on any atom is 0.347 e. The quantitative estimate of drug-likeness (QED) is 0.805. The van der Waals surface area contributed by atoms with Crippen LogP contribution in [0.15, 0.2) is 4.79 Å². The Morgan fingerprint density at radius 1 is 1.56 bits per heavy atom. The van der Waals surface area contributed by atoms with Crippen LogP contribution in [-0.4, -0.2) is 22.2 Å². The van der Waals surface area contributed by atoms with Crippen molar-refractivity contribution in [2.75, 3.05) is 6.61 Å². The summed E-state index contributed by atoms with van der Waals surface area (Å²) in [7, 11) is 1.63. The van der Waals surface area contributed by atoms with Gasteiger partial charge in [0.25, 0.3) is 5.56 Å². The molecule has 1 heterocycles. The van der Waals surface area contributed by atoms with Gasteiger partial charge in [-0.15, -0.1) is 0 Å². The molecular weight excluding hydrogens is 234 g/mol. The zero-order valence-electron chi connectivity index (χ0n) is 10.8. The Kier molecular flexibility index (Phi) is 3.15. The molecule has 0 spiro atoms. The van der Waals surface area contributed by atoms with Gasteiger partial charge in [-0.3, -0.25) is 4.79 Å². The highest BCUT2D eigenvalue weighted by atomic mass is 16.5. The molecule has 2 rings (SSSR count). The molecule has 18 heavy (non-hydrogen) atoms. The maximum atomic E-state index is 12.1. The molecule has 0 aliphatic heterocycles. The fourth-order valence-corrected chi connectivity index (χ4v) is 2.55. The van der Waals surface area contributed by atoms with Crippen molar-refractivity contribution in [1.29, 1.82) is 0 Å². The average Bonchev–Trinajstić information content (AvgIpc) is 2.69. The van der Waals surface area contributed by atoms with E-state index in [9.17, 15) is 14.7 Å². The summed E-state index contributed by atoms with van der Waals surface area (Å²) in [5, 5.41) is 10.2. The van der Waals surface area contributed by atoms with Crippen LogP contribution in [-0.2, 0) is 18.2 Å². The summed E-state index contributed by atoms with van der Waals surface area (Å²) < 4.78 is 6.28. The Hall–Kier alpha value is -1.78. The van der Waals surface area contributed by atoms with Crippen LogP contribution in [0.3, 0.4) is 0 Å². The number of nitrogens with zero attached hydrogens (tertiary/aromatic N) is 1. The zero-order valence-corrected chi connectivity index (χ0v) is 10.8. The Morgan fingerprint density at radius 2 is 2.22 bits per heavy atom. The molecule has 5 heteroatoms. The zero-order chi connectivity index (χ0) is 13.4. The van der Waals surface area contributed by atoms with Gasteiger partial charge < -0.3 is 14.4 Å². The smallest absolute Gasteiger partial charge is 0.347 e. The number of rotatable bonds is 2. The molecule has 1 N–H and O–H groups in total. The van der Waals surface area contributed by atoms with Crippen molar-refractivity contribution in [3.63, 3.8) is 0 Å². The van der Waals surface area contributed by atoms with Crippen molar-refractivity contribution in [1.82, 2.24) is 4.57 Å². The van der Waals surface area contributed by atoms with Crippen LogP contribution in [0.2, 0.25) is 0 Å². The van der Waals surface area contributed by atoms with E-state index in [2.05, 4.69) is 0 Å². The first-order chi connectivity index (χ1) is 8.49. The first-order valence-corrected chi connectivity index (χ1v) is 6.10. The molecule has 0 radical (unpaired) electrons.